The maximum atomic E-state index is 13.0. The topological polar surface area (TPSA) is 114 Å². The summed E-state index contributed by atoms with van der Waals surface area (Å²) in [6, 6.07) is 12.0. The van der Waals surface area contributed by atoms with Crippen LogP contribution in [0.25, 0.3) is 32.6 Å². The fourth-order valence-corrected chi connectivity index (χ4v) is 6.55. The van der Waals surface area contributed by atoms with Gasteiger partial charge in [0.1, 0.15) is 9.04 Å². The third-order valence-corrected chi connectivity index (χ3v) is 8.71. The highest BCUT2D eigenvalue weighted by Crippen LogP contribution is 2.42. The summed E-state index contributed by atoms with van der Waals surface area (Å²) in [7, 11) is 0.408. The normalized spacial score (nSPS) is 14.9. The minimum Gasteiger partial charge on any atom is -0.396 e. The van der Waals surface area contributed by atoms with Gasteiger partial charge in [-0.3, -0.25) is 4.21 Å². The summed E-state index contributed by atoms with van der Waals surface area (Å²) in [5.41, 5.74) is 10.5. The van der Waals surface area contributed by atoms with Crippen molar-refractivity contribution >= 4 is 44.0 Å². The Labute approximate surface area is 203 Å². The Kier molecular flexibility index (Phi) is 6.55. The van der Waals surface area contributed by atoms with Gasteiger partial charge in [-0.25, -0.2) is 15.0 Å². The number of nitrogen functional groups attached to an aromatic ring is 1. The summed E-state index contributed by atoms with van der Waals surface area (Å²) in [4.78, 5) is 16.5. The van der Waals surface area contributed by atoms with Crippen molar-refractivity contribution in [2.45, 2.75) is 16.7 Å². The maximum absolute atomic E-state index is 13.0. The number of nitrogens with two attached hydrogens (primary N) is 1. The molecule has 4 aromatic rings. The first-order valence-corrected chi connectivity index (χ1v) is 13.1. The highest BCUT2D eigenvalue weighted by molar-refractivity contribution is 7.87. The molecule has 1 unspecified atom stereocenters. The number of aliphatic hydroxyl groups is 1. The lowest BCUT2D eigenvalue weighted by Gasteiger charge is -2.35. The number of anilines is 2. The van der Waals surface area contributed by atoms with Crippen molar-refractivity contribution in [3.63, 3.8) is 0 Å². The smallest absolute Gasteiger partial charge is 0.225 e. The van der Waals surface area contributed by atoms with Crippen LogP contribution < -0.4 is 10.6 Å². The standard InChI is InChI=1S/C24H25N5O3S2/c1-32-8-5-9-34(31)23-21(25)20-18(15-6-3-2-4-7-15)10-19(28-22(20)33-23)16-11-26-24(27-12-16)29-13-17(30)14-29/h2-4,6-7,10-12,17,30H,5,8-9,13-14,25H2,1H3. The van der Waals surface area contributed by atoms with Crippen molar-refractivity contribution < 1.29 is 14.1 Å². The van der Waals surface area contributed by atoms with Gasteiger partial charge in [-0.15, -0.1) is 11.3 Å². The molecule has 1 aliphatic heterocycles. The molecule has 34 heavy (non-hydrogen) atoms. The Morgan fingerprint density at radius 2 is 1.94 bits per heavy atom. The first kappa shape index (κ1) is 22.9. The van der Waals surface area contributed by atoms with E-state index in [4.69, 9.17) is 15.5 Å². The number of thiophene rings is 1. The molecule has 8 nitrogen and oxygen atoms in total. The molecule has 5 rings (SSSR count). The Balaban J connectivity index is 1.57. The lowest BCUT2D eigenvalue weighted by Crippen LogP contribution is -2.51. The number of aliphatic hydroxyl groups excluding tert-OH is 1. The fraction of sp³-hybridized carbons (Fsp3) is 0.292. The van der Waals surface area contributed by atoms with E-state index in [1.807, 2.05) is 41.3 Å². The Hall–Kier alpha value is -2.92. The first-order valence-electron chi connectivity index (χ1n) is 11.0. The van der Waals surface area contributed by atoms with E-state index in [0.717, 1.165) is 32.6 Å². The predicted octanol–water partition coefficient (Wildman–Crippen LogP) is 3.33. The summed E-state index contributed by atoms with van der Waals surface area (Å²) in [6.07, 6.45) is 3.87. The van der Waals surface area contributed by atoms with Crippen molar-refractivity contribution in [1.29, 1.82) is 0 Å². The van der Waals surface area contributed by atoms with Crippen LogP contribution in [0.2, 0.25) is 0 Å². The summed E-state index contributed by atoms with van der Waals surface area (Å²) >= 11 is 1.37. The molecule has 1 aliphatic rings. The van der Waals surface area contributed by atoms with Gasteiger partial charge in [0, 0.05) is 55.9 Å². The van der Waals surface area contributed by atoms with Crippen molar-refractivity contribution in [1.82, 2.24) is 15.0 Å². The van der Waals surface area contributed by atoms with E-state index >= 15 is 0 Å². The number of methoxy groups -OCH3 is 1. The molecule has 1 fully saturated rings. The quantitative estimate of drug-likeness (QED) is 0.358. The molecule has 0 aliphatic carbocycles. The second-order valence-electron chi connectivity index (χ2n) is 8.13. The summed E-state index contributed by atoms with van der Waals surface area (Å²) in [5.74, 6) is 1.08. The van der Waals surface area contributed by atoms with Crippen LogP contribution in [0.1, 0.15) is 6.42 Å². The van der Waals surface area contributed by atoms with Gasteiger partial charge >= 0.3 is 0 Å². The molecule has 1 aromatic carbocycles. The lowest BCUT2D eigenvalue weighted by molar-refractivity contribution is 0.140. The summed E-state index contributed by atoms with van der Waals surface area (Å²) in [6.45, 7) is 1.64. The molecule has 10 heteroatoms. The van der Waals surface area contributed by atoms with E-state index in [0.29, 0.717) is 47.7 Å². The van der Waals surface area contributed by atoms with Gasteiger partial charge in [-0.05, 0) is 23.6 Å². The van der Waals surface area contributed by atoms with Gasteiger partial charge in [0.25, 0.3) is 0 Å². The van der Waals surface area contributed by atoms with E-state index < -0.39 is 10.8 Å². The third-order valence-electron chi connectivity index (χ3n) is 5.71. The summed E-state index contributed by atoms with van der Waals surface area (Å²) < 4.78 is 18.7. The molecule has 176 valence electrons. The zero-order valence-corrected chi connectivity index (χ0v) is 20.3. The van der Waals surface area contributed by atoms with Crippen LogP contribution in [0.15, 0.2) is 53.0 Å². The molecular weight excluding hydrogens is 470 g/mol. The number of β-amino-alcohol motifs (C(OH)–C–C–N with tert-alkyl or cyclic N) is 1. The van der Waals surface area contributed by atoms with Gasteiger partial charge in [0.2, 0.25) is 5.95 Å². The third kappa shape index (κ3) is 4.41. The average molecular weight is 496 g/mol. The Morgan fingerprint density at radius 3 is 2.62 bits per heavy atom. The number of hydrogen-bond acceptors (Lipinski definition) is 9. The highest BCUT2D eigenvalue weighted by atomic mass is 32.2. The second kappa shape index (κ2) is 9.75. The van der Waals surface area contributed by atoms with E-state index in [2.05, 4.69) is 9.97 Å². The zero-order chi connectivity index (χ0) is 23.7. The van der Waals surface area contributed by atoms with Crippen molar-refractivity contribution in [2.75, 3.05) is 43.2 Å². The molecule has 0 spiro atoms. The maximum Gasteiger partial charge on any atom is 0.225 e. The minimum atomic E-state index is -1.23. The van der Waals surface area contributed by atoms with Crippen LogP contribution in [0.3, 0.4) is 0 Å². The number of benzene rings is 1. The lowest BCUT2D eigenvalue weighted by atomic mass is 10.0. The Bertz CT molecular complexity index is 1320. The molecule has 4 heterocycles. The minimum absolute atomic E-state index is 0.320. The van der Waals surface area contributed by atoms with E-state index in [-0.39, 0.29) is 6.10 Å². The number of nitrogens with zero attached hydrogens (tertiary/aromatic N) is 4. The van der Waals surface area contributed by atoms with Crippen LogP contribution >= 0.6 is 11.3 Å². The molecule has 1 saturated heterocycles. The molecule has 3 aromatic heterocycles. The number of rotatable bonds is 8. The Morgan fingerprint density at radius 1 is 1.21 bits per heavy atom. The van der Waals surface area contributed by atoms with Crippen LogP contribution in [0, 0.1) is 0 Å². The largest absolute Gasteiger partial charge is 0.396 e. The molecular formula is C24H25N5O3S2. The van der Waals surface area contributed by atoms with Gasteiger partial charge in [-0.2, -0.15) is 0 Å². The molecule has 0 bridgehead atoms. The first-order chi connectivity index (χ1) is 16.5. The zero-order valence-electron chi connectivity index (χ0n) is 18.7. The fourth-order valence-electron chi connectivity index (χ4n) is 3.93. The summed E-state index contributed by atoms with van der Waals surface area (Å²) in [5, 5.41) is 10.4. The number of aromatic nitrogens is 3. The van der Waals surface area contributed by atoms with Crippen LogP contribution in [0.4, 0.5) is 11.6 Å². The molecule has 0 saturated carbocycles. The van der Waals surface area contributed by atoms with E-state index in [1.165, 1.54) is 11.3 Å². The SMILES string of the molecule is COCCCS(=O)c1sc2nc(-c3cnc(N4CC(O)C4)nc3)cc(-c3ccccc3)c2c1N. The van der Waals surface area contributed by atoms with Gasteiger partial charge in [-0.1, -0.05) is 30.3 Å². The average Bonchev–Trinajstić information content (AvgIpc) is 3.19. The number of fused-ring (bicyclic) bond motifs is 1. The molecule has 0 amide bonds. The monoisotopic (exact) mass is 495 g/mol. The molecule has 3 N–H and O–H groups in total. The number of ether oxygens (including phenoxy) is 1. The number of hydrogen-bond donors (Lipinski definition) is 2. The van der Waals surface area contributed by atoms with Gasteiger partial charge in [0.05, 0.1) is 28.3 Å². The van der Waals surface area contributed by atoms with Crippen LogP contribution in [-0.2, 0) is 15.5 Å². The van der Waals surface area contributed by atoms with Crippen molar-refractivity contribution in [3.05, 3.63) is 48.8 Å². The van der Waals surface area contributed by atoms with Crippen LogP contribution in [-0.4, -0.2) is 62.9 Å². The highest BCUT2D eigenvalue weighted by Gasteiger charge is 2.26. The van der Waals surface area contributed by atoms with Crippen molar-refractivity contribution in [3.8, 4) is 22.4 Å². The molecule has 1 atom stereocenters. The van der Waals surface area contributed by atoms with Crippen LogP contribution in [0.5, 0.6) is 0 Å². The number of pyridine rings is 1. The van der Waals surface area contributed by atoms with Crippen molar-refractivity contribution in [2.24, 2.45) is 0 Å². The van der Waals surface area contributed by atoms with E-state index in [1.54, 1.807) is 19.5 Å². The molecule has 0 radical (unpaired) electrons. The van der Waals surface area contributed by atoms with Gasteiger partial charge < -0.3 is 20.5 Å². The second-order valence-corrected chi connectivity index (χ2v) is 10.9. The van der Waals surface area contributed by atoms with E-state index in [9.17, 15) is 9.32 Å². The van der Waals surface area contributed by atoms with Gasteiger partial charge in [0.15, 0.2) is 0 Å². The predicted molar refractivity (Wildman–Crippen MR) is 136 cm³/mol.